The van der Waals surface area contributed by atoms with Gasteiger partial charge in [0.2, 0.25) is 0 Å². The molecule has 0 amide bonds. The SMILES string of the molecule is CCCCCCCCCCCC(=O)O[C@@]12[C@H](OC(=O)C(C)CC)[C@@H](C)[C@@]3(O)[C@@H](C=C(CO)C[C@]4(O)C(=O)C(C)=C[C@@H]34)[C@@H]1C2(C)C. The highest BCUT2D eigenvalue weighted by Gasteiger charge is 2.88. The van der Waals surface area contributed by atoms with Crippen molar-refractivity contribution < 1.29 is 39.2 Å². The van der Waals surface area contributed by atoms with Gasteiger partial charge in [0.25, 0.3) is 0 Å². The van der Waals surface area contributed by atoms with Gasteiger partial charge in [0.05, 0.1) is 18.1 Å². The molecule has 8 nitrogen and oxygen atoms in total. The van der Waals surface area contributed by atoms with Crippen molar-refractivity contribution in [3.8, 4) is 0 Å². The molecule has 4 rings (SSSR count). The summed E-state index contributed by atoms with van der Waals surface area (Å²) in [5, 5.41) is 35.1. The molecule has 0 bridgehead atoms. The summed E-state index contributed by atoms with van der Waals surface area (Å²) in [7, 11) is 0. The second kappa shape index (κ2) is 13.6. The highest BCUT2D eigenvalue weighted by Crippen LogP contribution is 2.77. The van der Waals surface area contributed by atoms with E-state index in [9.17, 15) is 29.7 Å². The highest BCUT2D eigenvalue weighted by atomic mass is 16.6. The van der Waals surface area contributed by atoms with E-state index in [0.29, 0.717) is 24.0 Å². The van der Waals surface area contributed by atoms with Gasteiger partial charge < -0.3 is 24.8 Å². The molecule has 0 aromatic rings. The monoisotopic (exact) mass is 630 g/mol. The number of rotatable bonds is 15. The summed E-state index contributed by atoms with van der Waals surface area (Å²) >= 11 is 0. The molecule has 2 saturated carbocycles. The molecule has 0 saturated heterocycles. The number of carbonyl (C=O) groups is 3. The van der Waals surface area contributed by atoms with Gasteiger partial charge in [-0.2, -0.15) is 0 Å². The number of Topliss-reactive ketones (excluding diaryl/α,β-unsaturated/α-hetero) is 1. The molecule has 3 N–H and O–H groups in total. The summed E-state index contributed by atoms with van der Waals surface area (Å²) in [6.07, 6.45) is 13.3. The van der Waals surface area contributed by atoms with E-state index >= 15 is 0 Å². The van der Waals surface area contributed by atoms with Crippen LogP contribution in [0.25, 0.3) is 0 Å². The number of ether oxygens (including phenoxy) is 2. The Morgan fingerprint density at radius 3 is 2.18 bits per heavy atom. The molecular formula is C37H58O8. The van der Waals surface area contributed by atoms with Gasteiger partial charge in [-0.25, -0.2) is 0 Å². The number of aliphatic hydroxyl groups excluding tert-OH is 1. The largest absolute Gasteiger partial charge is 0.457 e. The van der Waals surface area contributed by atoms with Crippen molar-refractivity contribution in [2.24, 2.45) is 35.0 Å². The minimum atomic E-state index is -1.94. The summed E-state index contributed by atoms with van der Waals surface area (Å²) < 4.78 is 12.7. The Morgan fingerprint density at radius 2 is 1.60 bits per heavy atom. The van der Waals surface area contributed by atoms with Gasteiger partial charge in [-0.3, -0.25) is 14.4 Å². The third-order valence-electron chi connectivity index (χ3n) is 12.0. The van der Waals surface area contributed by atoms with Gasteiger partial charge in [-0.15, -0.1) is 0 Å². The maximum Gasteiger partial charge on any atom is 0.309 e. The lowest BCUT2D eigenvalue weighted by Gasteiger charge is -2.53. The van der Waals surface area contributed by atoms with Crippen LogP contribution in [0.2, 0.25) is 0 Å². The first-order valence-electron chi connectivity index (χ1n) is 17.6. The molecule has 0 radical (unpaired) electrons. The predicted molar refractivity (Wildman–Crippen MR) is 172 cm³/mol. The van der Waals surface area contributed by atoms with Gasteiger partial charge in [0.15, 0.2) is 11.4 Å². The van der Waals surface area contributed by atoms with E-state index in [4.69, 9.17) is 9.47 Å². The Labute approximate surface area is 270 Å². The molecule has 8 heteroatoms. The zero-order valence-electron chi connectivity index (χ0n) is 28.7. The van der Waals surface area contributed by atoms with E-state index < -0.39 is 69.7 Å². The number of aliphatic hydroxyl groups is 3. The van der Waals surface area contributed by atoms with Gasteiger partial charge in [-0.1, -0.05) is 105 Å². The first-order chi connectivity index (χ1) is 21.2. The zero-order valence-corrected chi connectivity index (χ0v) is 28.7. The number of esters is 2. The average Bonchev–Trinajstić information content (AvgIpc) is 3.43. The van der Waals surface area contributed by atoms with Crippen LogP contribution in [0.4, 0.5) is 0 Å². The number of carbonyl (C=O) groups excluding carboxylic acids is 3. The van der Waals surface area contributed by atoms with Gasteiger partial charge in [0.1, 0.15) is 11.7 Å². The molecule has 0 aromatic carbocycles. The maximum atomic E-state index is 13.5. The van der Waals surface area contributed by atoms with Crippen LogP contribution < -0.4 is 0 Å². The van der Waals surface area contributed by atoms with Crippen LogP contribution in [-0.2, 0) is 23.9 Å². The molecule has 1 unspecified atom stereocenters. The Kier molecular flexibility index (Phi) is 10.8. The molecule has 9 atom stereocenters. The molecule has 0 aromatic heterocycles. The number of fused-ring (bicyclic) bond motifs is 5. The number of hydrogen-bond acceptors (Lipinski definition) is 8. The Balaban J connectivity index is 1.64. The van der Waals surface area contributed by atoms with E-state index in [1.54, 1.807) is 32.9 Å². The van der Waals surface area contributed by atoms with Crippen LogP contribution in [-0.4, -0.2) is 62.6 Å². The van der Waals surface area contributed by atoms with Crippen LogP contribution >= 0.6 is 0 Å². The molecule has 4 aliphatic carbocycles. The number of hydrogen-bond donors (Lipinski definition) is 3. The molecular weight excluding hydrogens is 572 g/mol. The number of ketones is 1. The minimum absolute atomic E-state index is 0.109. The summed E-state index contributed by atoms with van der Waals surface area (Å²) in [5.41, 5.74) is -4.75. The van der Waals surface area contributed by atoms with Crippen LogP contribution in [0, 0.1) is 35.0 Å². The fourth-order valence-electron chi connectivity index (χ4n) is 9.05. The standard InChI is InChI=1S/C37H58O8/c1-8-10-11-12-13-14-15-16-17-18-29(39)45-37-30(34(37,6)7)27-20-26(22-38)21-35(42)28(19-24(4)31(35)40)36(27,43)25(5)32(37)44-33(41)23(3)9-2/h19-20,23,25,27-28,30,32,38,42-43H,8-18,21-22H2,1-7H3/t23?,25-,27+,28-,30-,32-,35-,36-,37-/m1/s1. The van der Waals surface area contributed by atoms with E-state index in [-0.39, 0.29) is 25.4 Å². The number of unbranched alkanes of at least 4 members (excludes halogenated alkanes) is 8. The normalized spacial score (nSPS) is 36.9. The Hall–Kier alpha value is -2.03. The molecule has 4 aliphatic rings. The fourth-order valence-corrected chi connectivity index (χ4v) is 9.05. The summed E-state index contributed by atoms with van der Waals surface area (Å²) in [5.74, 6) is -4.60. The lowest BCUT2D eigenvalue weighted by atomic mass is 9.59. The van der Waals surface area contributed by atoms with Crippen LogP contribution in [0.15, 0.2) is 23.3 Å². The molecule has 0 spiro atoms. The second-order valence-electron chi connectivity index (χ2n) is 15.2. The summed E-state index contributed by atoms with van der Waals surface area (Å²) in [6, 6.07) is 0. The maximum absolute atomic E-state index is 13.5. The molecule has 0 heterocycles. The van der Waals surface area contributed by atoms with E-state index in [2.05, 4.69) is 6.92 Å². The predicted octanol–water partition coefficient (Wildman–Crippen LogP) is 6.00. The van der Waals surface area contributed by atoms with E-state index in [1.165, 1.54) is 32.1 Å². The van der Waals surface area contributed by atoms with E-state index in [1.807, 2.05) is 20.8 Å². The lowest BCUT2D eigenvalue weighted by molar-refractivity contribution is -0.230. The molecule has 2 fully saturated rings. The van der Waals surface area contributed by atoms with Crippen LogP contribution in [0.1, 0.15) is 126 Å². The first-order valence-corrected chi connectivity index (χ1v) is 17.6. The smallest absolute Gasteiger partial charge is 0.309 e. The van der Waals surface area contributed by atoms with Crippen molar-refractivity contribution in [3.63, 3.8) is 0 Å². The second-order valence-corrected chi connectivity index (χ2v) is 15.2. The van der Waals surface area contributed by atoms with Crippen molar-refractivity contribution in [2.45, 2.75) is 148 Å². The summed E-state index contributed by atoms with van der Waals surface area (Å²) in [4.78, 5) is 40.3. The molecule has 254 valence electrons. The van der Waals surface area contributed by atoms with Gasteiger partial charge in [0, 0.05) is 41.9 Å². The van der Waals surface area contributed by atoms with Crippen molar-refractivity contribution in [1.82, 2.24) is 0 Å². The third-order valence-corrected chi connectivity index (χ3v) is 12.0. The van der Waals surface area contributed by atoms with Crippen molar-refractivity contribution in [2.75, 3.05) is 6.61 Å². The Morgan fingerprint density at radius 1 is 1.00 bits per heavy atom. The van der Waals surface area contributed by atoms with Crippen molar-refractivity contribution in [3.05, 3.63) is 23.3 Å². The van der Waals surface area contributed by atoms with Crippen LogP contribution in [0.5, 0.6) is 0 Å². The van der Waals surface area contributed by atoms with Crippen molar-refractivity contribution in [1.29, 1.82) is 0 Å². The van der Waals surface area contributed by atoms with Gasteiger partial charge >= 0.3 is 11.9 Å². The van der Waals surface area contributed by atoms with Gasteiger partial charge in [-0.05, 0) is 30.9 Å². The molecule has 45 heavy (non-hydrogen) atoms. The Bertz CT molecular complexity index is 1190. The topological polar surface area (TPSA) is 130 Å². The summed E-state index contributed by atoms with van der Waals surface area (Å²) in [6.45, 7) is 12.9. The lowest BCUT2D eigenvalue weighted by Crippen LogP contribution is -2.66. The fraction of sp³-hybridized carbons (Fsp3) is 0.811. The zero-order chi connectivity index (χ0) is 33.4. The quantitative estimate of drug-likeness (QED) is 0.114. The minimum Gasteiger partial charge on any atom is -0.457 e. The average molecular weight is 631 g/mol. The third kappa shape index (κ3) is 5.97. The van der Waals surface area contributed by atoms with Crippen LogP contribution in [0.3, 0.4) is 0 Å². The molecule has 0 aliphatic heterocycles. The van der Waals surface area contributed by atoms with Crippen molar-refractivity contribution >= 4 is 17.7 Å². The highest BCUT2D eigenvalue weighted by molar-refractivity contribution is 6.04. The van der Waals surface area contributed by atoms with E-state index in [0.717, 1.165) is 19.3 Å². The first kappa shape index (κ1) is 35.8.